The van der Waals surface area contributed by atoms with Crippen LogP contribution in [0.25, 0.3) is 0 Å². The number of benzene rings is 1. The monoisotopic (exact) mass is 312 g/mol. The Balaban J connectivity index is 2.99. The van der Waals surface area contributed by atoms with Gasteiger partial charge < -0.3 is 0 Å². The second-order valence-corrected chi connectivity index (χ2v) is 5.83. The minimum absolute atomic E-state index is 0.180. The van der Waals surface area contributed by atoms with Crippen molar-refractivity contribution in [3.05, 3.63) is 33.3 Å². The van der Waals surface area contributed by atoms with Gasteiger partial charge in [-0.3, -0.25) is 10.1 Å². The SMILES string of the molecule is O=[N+]([O-])c1ccc(S(=O)(=O)NCCCCl)c(Cl)c1. The highest BCUT2D eigenvalue weighted by atomic mass is 35.5. The van der Waals surface area contributed by atoms with E-state index in [0.717, 1.165) is 18.2 Å². The summed E-state index contributed by atoms with van der Waals surface area (Å²) in [7, 11) is -3.77. The lowest BCUT2D eigenvalue weighted by Gasteiger charge is -2.07. The summed E-state index contributed by atoms with van der Waals surface area (Å²) in [5.74, 6) is 0.330. The van der Waals surface area contributed by atoms with Gasteiger partial charge in [-0.15, -0.1) is 11.6 Å². The lowest BCUT2D eigenvalue weighted by atomic mass is 10.3. The first-order valence-corrected chi connectivity index (χ1v) is 7.27. The van der Waals surface area contributed by atoms with Gasteiger partial charge in [-0.1, -0.05) is 11.6 Å². The van der Waals surface area contributed by atoms with Crippen molar-refractivity contribution in [1.82, 2.24) is 4.72 Å². The summed E-state index contributed by atoms with van der Waals surface area (Å²) in [5, 5.41) is 10.3. The molecule has 0 aliphatic carbocycles. The Morgan fingerprint density at radius 3 is 2.56 bits per heavy atom. The fourth-order valence-corrected chi connectivity index (χ4v) is 2.92. The van der Waals surface area contributed by atoms with Crippen LogP contribution in [0.5, 0.6) is 0 Å². The van der Waals surface area contributed by atoms with Crippen molar-refractivity contribution in [3.63, 3.8) is 0 Å². The number of nitrogens with zero attached hydrogens (tertiary/aromatic N) is 1. The zero-order valence-corrected chi connectivity index (χ0v) is 11.4. The average Bonchev–Trinajstić information content (AvgIpc) is 2.28. The molecular formula is C9H10Cl2N2O4S. The molecule has 0 radical (unpaired) electrons. The summed E-state index contributed by atoms with van der Waals surface area (Å²) in [6.45, 7) is 0.180. The fraction of sp³-hybridized carbons (Fsp3) is 0.333. The zero-order chi connectivity index (χ0) is 13.8. The topological polar surface area (TPSA) is 89.3 Å². The van der Waals surface area contributed by atoms with Crippen LogP contribution in [0.4, 0.5) is 5.69 Å². The van der Waals surface area contributed by atoms with Gasteiger partial charge in [-0.2, -0.15) is 0 Å². The van der Waals surface area contributed by atoms with E-state index in [1.807, 2.05) is 0 Å². The van der Waals surface area contributed by atoms with Crippen LogP contribution < -0.4 is 4.72 Å². The molecule has 18 heavy (non-hydrogen) atoms. The number of hydrogen-bond acceptors (Lipinski definition) is 4. The van der Waals surface area contributed by atoms with Gasteiger partial charge in [0, 0.05) is 24.6 Å². The predicted molar refractivity (Wildman–Crippen MR) is 68.6 cm³/mol. The molecule has 1 aromatic rings. The molecule has 0 unspecified atom stereocenters. The number of alkyl halides is 1. The number of non-ortho nitro benzene ring substituents is 1. The maximum Gasteiger partial charge on any atom is 0.271 e. The Hall–Kier alpha value is -0.890. The molecule has 0 atom stereocenters. The van der Waals surface area contributed by atoms with Gasteiger partial charge in [0.25, 0.3) is 5.69 Å². The maximum atomic E-state index is 11.8. The van der Waals surface area contributed by atoms with Crippen LogP contribution in [0.2, 0.25) is 5.02 Å². The third-order valence-corrected chi connectivity index (χ3v) is 4.23. The van der Waals surface area contributed by atoms with Crippen molar-refractivity contribution in [3.8, 4) is 0 Å². The molecular weight excluding hydrogens is 303 g/mol. The molecule has 0 aliphatic rings. The molecule has 0 saturated heterocycles. The Kier molecular flexibility index (Phi) is 5.33. The molecule has 0 fully saturated rings. The van der Waals surface area contributed by atoms with Crippen LogP contribution in [0, 0.1) is 10.1 Å². The van der Waals surface area contributed by atoms with Crippen molar-refractivity contribution in [2.24, 2.45) is 0 Å². The second-order valence-electron chi connectivity index (χ2n) is 3.31. The first-order valence-electron chi connectivity index (χ1n) is 4.88. The van der Waals surface area contributed by atoms with E-state index in [1.165, 1.54) is 0 Å². The first kappa shape index (κ1) is 15.2. The molecule has 0 amide bonds. The maximum absolute atomic E-state index is 11.8. The molecule has 0 bridgehead atoms. The Morgan fingerprint density at radius 2 is 2.06 bits per heavy atom. The van der Waals surface area contributed by atoms with Crippen LogP contribution in [0.1, 0.15) is 6.42 Å². The molecule has 0 aliphatic heterocycles. The summed E-state index contributed by atoms with van der Waals surface area (Å²) < 4.78 is 25.9. The quantitative estimate of drug-likeness (QED) is 0.377. The van der Waals surface area contributed by atoms with Crippen LogP contribution in [0.3, 0.4) is 0 Å². The molecule has 0 aromatic heterocycles. The van der Waals surface area contributed by atoms with Crippen molar-refractivity contribution >= 4 is 38.9 Å². The van der Waals surface area contributed by atoms with Gasteiger partial charge in [0.15, 0.2) is 0 Å². The molecule has 0 heterocycles. The number of halogens is 2. The van der Waals surface area contributed by atoms with Crippen molar-refractivity contribution < 1.29 is 13.3 Å². The number of nitro groups is 1. The number of sulfonamides is 1. The van der Waals surface area contributed by atoms with E-state index in [9.17, 15) is 18.5 Å². The molecule has 1 N–H and O–H groups in total. The van der Waals surface area contributed by atoms with Gasteiger partial charge in [-0.05, 0) is 12.5 Å². The van der Waals surface area contributed by atoms with Crippen molar-refractivity contribution in [2.75, 3.05) is 12.4 Å². The minimum Gasteiger partial charge on any atom is -0.258 e. The number of nitro benzene ring substituents is 1. The largest absolute Gasteiger partial charge is 0.271 e. The fourth-order valence-electron chi connectivity index (χ4n) is 1.17. The van der Waals surface area contributed by atoms with Crippen LogP contribution in [0.15, 0.2) is 23.1 Å². The lowest BCUT2D eigenvalue weighted by molar-refractivity contribution is -0.384. The first-order chi connectivity index (χ1) is 8.38. The predicted octanol–water partition coefficient (Wildman–Crippen LogP) is 2.16. The normalized spacial score (nSPS) is 11.4. The number of hydrogen-bond donors (Lipinski definition) is 1. The second kappa shape index (κ2) is 6.33. The summed E-state index contributed by atoms with van der Waals surface area (Å²) in [4.78, 5) is 9.65. The van der Waals surface area contributed by atoms with E-state index < -0.39 is 14.9 Å². The average molecular weight is 313 g/mol. The Morgan fingerprint density at radius 1 is 1.39 bits per heavy atom. The van der Waals surface area contributed by atoms with Crippen LogP contribution >= 0.6 is 23.2 Å². The van der Waals surface area contributed by atoms with Crippen LogP contribution in [-0.4, -0.2) is 25.8 Å². The highest BCUT2D eigenvalue weighted by molar-refractivity contribution is 7.89. The summed E-state index contributed by atoms with van der Waals surface area (Å²) in [5.41, 5.74) is -0.264. The lowest BCUT2D eigenvalue weighted by Crippen LogP contribution is -2.25. The molecule has 1 rings (SSSR count). The molecule has 100 valence electrons. The van der Waals surface area contributed by atoms with Gasteiger partial charge in [0.2, 0.25) is 10.0 Å². The van der Waals surface area contributed by atoms with Crippen molar-refractivity contribution in [2.45, 2.75) is 11.3 Å². The molecule has 6 nitrogen and oxygen atoms in total. The Bertz CT molecular complexity index is 547. The van der Waals surface area contributed by atoms with Crippen molar-refractivity contribution in [1.29, 1.82) is 0 Å². The van der Waals surface area contributed by atoms with E-state index >= 15 is 0 Å². The van der Waals surface area contributed by atoms with Gasteiger partial charge in [0.1, 0.15) is 4.90 Å². The Labute approximate surface area is 114 Å². The zero-order valence-electron chi connectivity index (χ0n) is 9.10. The number of nitrogens with one attached hydrogen (secondary N) is 1. The summed E-state index contributed by atoms with van der Waals surface area (Å²) in [6.07, 6.45) is 0.478. The van der Waals surface area contributed by atoms with E-state index in [2.05, 4.69) is 4.72 Å². The number of rotatable bonds is 6. The smallest absolute Gasteiger partial charge is 0.258 e. The third-order valence-electron chi connectivity index (χ3n) is 2.02. The van der Waals surface area contributed by atoms with E-state index in [-0.39, 0.29) is 22.2 Å². The van der Waals surface area contributed by atoms with E-state index in [4.69, 9.17) is 23.2 Å². The molecule has 0 spiro atoms. The van der Waals surface area contributed by atoms with E-state index in [1.54, 1.807) is 0 Å². The van der Waals surface area contributed by atoms with Crippen LogP contribution in [-0.2, 0) is 10.0 Å². The highest BCUT2D eigenvalue weighted by Crippen LogP contribution is 2.25. The molecule has 0 saturated carbocycles. The van der Waals surface area contributed by atoms with Gasteiger partial charge in [-0.25, -0.2) is 13.1 Å². The minimum atomic E-state index is -3.77. The standard InChI is InChI=1S/C9H10Cl2N2O4S/c10-4-1-5-12-18(16,17)9-3-2-7(13(14)15)6-8(9)11/h2-3,6,12H,1,4-5H2. The molecule has 9 heteroatoms. The highest BCUT2D eigenvalue weighted by Gasteiger charge is 2.19. The van der Waals surface area contributed by atoms with Gasteiger partial charge in [0.05, 0.1) is 9.95 Å². The van der Waals surface area contributed by atoms with E-state index in [0.29, 0.717) is 12.3 Å². The third kappa shape index (κ3) is 3.81. The van der Waals surface area contributed by atoms with Gasteiger partial charge >= 0.3 is 0 Å². The molecule has 1 aromatic carbocycles. The summed E-state index contributed by atoms with van der Waals surface area (Å²) >= 11 is 11.1. The summed E-state index contributed by atoms with van der Waals surface area (Å²) in [6, 6.07) is 3.18.